The van der Waals surface area contributed by atoms with E-state index >= 15 is 0 Å². The number of hydrogen-bond donors (Lipinski definition) is 0. The fourth-order valence-corrected chi connectivity index (χ4v) is 1.46. The standard InChI is InChI=1S/C12H13F3N2/c1-4-17-11(16-3)9-5-8(2)6-10(7-9)12(13,14)15/h4-7H,1-3H3/b16-11-,17-4-. The van der Waals surface area contributed by atoms with E-state index in [1.54, 1.807) is 19.9 Å². The molecule has 1 aromatic rings. The first kappa shape index (κ1) is 13.4. The molecule has 0 spiro atoms. The Labute approximate surface area is 97.9 Å². The molecule has 0 amide bonds. The smallest absolute Gasteiger partial charge is 0.270 e. The molecule has 0 aromatic heterocycles. The van der Waals surface area contributed by atoms with Crippen LogP contribution in [0.1, 0.15) is 23.6 Å². The van der Waals surface area contributed by atoms with Gasteiger partial charge >= 0.3 is 6.18 Å². The van der Waals surface area contributed by atoms with Crippen molar-refractivity contribution in [3.8, 4) is 0 Å². The lowest BCUT2D eigenvalue weighted by atomic mass is 10.1. The number of aryl methyl sites for hydroxylation is 1. The summed E-state index contributed by atoms with van der Waals surface area (Å²) in [5, 5.41) is 0. The summed E-state index contributed by atoms with van der Waals surface area (Å²) in [6, 6.07) is 3.79. The summed E-state index contributed by atoms with van der Waals surface area (Å²) in [5.41, 5.74) is 0.222. The monoisotopic (exact) mass is 242 g/mol. The predicted octanol–water partition coefficient (Wildman–Crippen LogP) is 3.48. The van der Waals surface area contributed by atoms with Gasteiger partial charge in [0.25, 0.3) is 0 Å². The van der Waals surface area contributed by atoms with Crippen LogP contribution in [-0.4, -0.2) is 19.1 Å². The molecule has 0 bridgehead atoms. The van der Waals surface area contributed by atoms with Gasteiger partial charge in [0.05, 0.1) is 5.56 Å². The summed E-state index contributed by atoms with van der Waals surface area (Å²) in [5.74, 6) is 0.293. The minimum atomic E-state index is -4.35. The topological polar surface area (TPSA) is 24.7 Å². The number of benzene rings is 1. The Balaban J connectivity index is 3.32. The molecule has 0 aliphatic rings. The van der Waals surface area contributed by atoms with Crippen LogP contribution in [0.25, 0.3) is 0 Å². The predicted molar refractivity (Wildman–Crippen MR) is 62.8 cm³/mol. The van der Waals surface area contributed by atoms with Crippen LogP contribution >= 0.6 is 0 Å². The van der Waals surface area contributed by atoms with Gasteiger partial charge in [0.1, 0.15) is 0 Å². The van der Waals surface area contributed by atoms with Gasteiger partial charge in [-0.3, -0.25) is 4.99 Å². The lowest BCUT2D eigenvalue weighted by Crippen LogP contribution is -2.08. The van der Waals surface area contributed by atoms with Crippen LogP contribution in [0.5, 0.6) is 0 Å². The molecule has 0 fully saturated rings. The van der Waals surface area contributed by atoms with Crippen molar-refractivity contribution >= 4 is 12.1 Å². The molecular formula is C12H13F3N2. The van der Waals surface area contributed by atoms with Crippen LogP contribution in [0.15, 0.2) is 28.2 Å². The number of halogens is 3. The second-order valence-electron chi connectivity index (χ2n) is 3.52. The van der Waals surface area contributed by atoms with E-state index in [0.29, 0.717) is 17.0 Å². The summed E-state index contributed by atoms with van der Waals surface area (Å²) >= 11 is 0. The first-order chi connectivity index (χ1) is 7.88. The quantitative estimate of drug-likeness (QED) is 0.532. The maximum Gasteiger partial charge on any atom is 0.416 e. The number of nitrogens with zero attached hydrogens (tertiary/aromatic N) is 2. The normalized spacial score (nSPS) is 13.4. The van der Waals surface area contributed by atoms with E-state index in [0.717, 1.165) is 12.1 Å². The van der Waals surface area contributed by atoms with Gasteiger partial charge in [-0.25, -0.2) is 4.99 Å². The van der Waals surface area contributed by atoms with Gasteiger partial charge in [-0.15, -0.1) is 0 Å². The van der Waals surface area contributed by atoms with Crippen LogP contribution in [-0.2, 0) is 6.18 Å². The van der Waals surface area contributed by atoms with E-state index < -0.39 is 11.7 Å². The van der Waals surface area contributed by atoms with Crippen LogP contribution in [0.4, 0.5) is 13.2 Å². The molecule has 1 aromatic carbocycles. The maximum atomic E-state index is 12.6. The first-order valence-corrected chi connectivity index (χ1v) is 5.03. The van der Waals surface area contributed by atoms with Gasteiger partial charge in [0, 0.05) is 18.8 Å². The summed E-state index contributed by atoms with van der Waals surface area (Å²) in [6.45, 7) is 3.30. The Morgan fingerprint density at radius 3 is 2.35 bits per heavy atom. The average Bonchev–Trinajstić information content (AvgIpc) is 2.23. The highest BCUT2D eigenvalue weighted by Crippen LogP contribution is 2.30. The number of aliphatic imine (C=N–C) groups is 2. The molecule has 0 saturated heterocycles. The minimum Gasteiger partial charge on any atom is -0.270 e. The lowest BCUT2D eigenvalue weighted by Gasteiger charge is -2.10. The van der Waals surface area contributed by atoms with Gasteiger partial charge in [-0.2, -0.15) is 13.2 Å². The van der Waals surface area contributed by atoms with Crippen molar-refractivity contribution in [2.24, 2.45) is 9.98 Å². The SMILES string of the molecule is C/C=N\C(=N/C)c1cc(C)cc(C(F)(F)F)c1. The van der Waals surface area contributed by atoms with Crippen molar-refractivity contribution in [2.75, 3.05) is 7.05 Å². The van der Waals surface area contributed by atoms with Crippen LogP contribution in [0.2, 0.25) is 0 Å². The van der Waals surface area contributed by atoms with Gasteiger partial charge in [0.15, 0.2) is 5.84 Å². The second kappa shape index (κ2) is 5.12. The lowest BCUT2D eigenvalue weighted by molar-refractivity contribution is -0.137. The molecule has 0 unspecified atom stereocenters. The zero-order valence-corrected chi connectivity index (χ0v) is 9.84. The number of hydrogen-bond acceptors (Lipinski definition) is 1. The molecule has 0 atom stereocenters. The Bertz CT molecular complexity index is 459. The first-order valence-electron chi connectivity index (χ1n) is 5.03. The average molecular weight is 242 g/mol. The second-order valence-corrected chi connectivity index (χ2v) is 3.52. The van der Waals surface area contributed by atoms with E-state index in [2.05, 4.69) is 9.98 Å². The van der Waals surface area contributed by atoms with Crippen LogP contribution < -0.4 is 0 Å². The minimum absolute atomic E-state index is 0.293. The van der Waals surface area contributed by atoms with Crippen molar-refractivity contribution in [1.29, 1.82) is 0 Å². The highest BCUT2D eigenvalue weighted by Gasteiger charge is 2.31. The fraction of sp³-hybridized carbons (Fsp3) is 0.333. The third-order valence-electron chi connectivity index (χ3n) is 2.13. The van der Waals surface area contributed by atoms with Gasteiger partial charge in [-0.1, -0.05) is 0 Å². The largest absolute Gasteiger partial charge is 0.416 e. The fourth-order valence-electron chi connectivity index (χ4n) is 1.46. The zero-order chi connectivity index (χ0) is 13.1. The molecule has 92 valence electrons. The molecule has 2 nitrogen and oxygen atoms in total. The highest BCUT2D eigenvalue weighted by molar-refractivity contribution is 6.03. The molecule has 0 radical (unpaired) electrons. The van der Waals surface area contributed by atoms with Gasteiger partial charge in [-0.05, 0) is 37.6 Å². The third kappa shape index (κ3) is 3.41. The Kier molecular flexibility index (Phi) is 4.04. The number of alkyl halides is 3. The summed E-state index contributed by atoms with van der Waals surface area (Å²) in [4.78, 5) is 7.80. The van der Waals surface area contributed by atoms with E-state index in [9.17, 15) is 13.2 Å². The molecule has 0 aliphatic carbocycles. The maximum absolute atomic E-state index is 12.6. The van der Waals surface area contributed by atoms with Crippen molar-refractivity contribution in [1.82, 2.24) is 0 Å². The molecular weight excluding hydrogens is 229 g/mol. The van der Waals surface area contributed by atoms with Crippen molar-refractivity contribution < 1.29 is 13.2 Å². The highest BCUT2D eigenvalue weighted by atomic mass is 19.4. The van der Waals surface area contributed by atoms with E-state index in [1.807, 2.05) is 0 Å². The molecule has 17 heavy (non-hydrogen) atoms. The Morgan fingerprint density at radius 2 is 1.88 bits per heavy atom. The molecule has 0 saturated carbocycles. The van der Waals surface area contributed by atoms with Crippen LogP contribution in [0.3, 0.4) is 0 Å². The van der Waals surface area contributed by atoms with Crippen LogP contribution in [0, 0.1) is 6.92 Å². The Hall–Kier alpha value is -1.65. The molecule has 0 aliphatic heterocycles. The number of amidine groups is 1. The van der Waals surface area contributed by atoms with Crippen molar-refractivity contribution in [3.63, 3.8) is 0 Å². The van der Waals surface area contributed by atoms with Gasteiger partial charge in [0.2, 0.25) is 0 Å². The van der Waals surface area contributed by atoms with Crippen molar-refractivity contribution in [3.05, 3.63) is 34.9 Å². The van der Waals surface area contributed by atoms with E-state index in [4.69, 9.17) is 0 Å². The summed E-state index contributed by atoms with van der Waals surface area (Å²) in [6.07, 6.45) is -2.85. The molecule has 0 heterocycles. The molecule has 1 rings (SSSR count). The van der Waals surface area contributed by atoms with E-state index in [-0.39, 0.29) is 0 Å². The number of rotatable bonds is 1. The molecule has 0 N–H and O–H groups in total. The Morgan fingerprint density at radius 1 is 1.24 bits per heavy atom. The van der Waals surface area contributed by atoms with Crippen molar-refractivity contribution in [2.45, 2.75) is 20.0 Å². The van der Waals surface area contributed by atoms with E-state index in [1.165, 1.54) is 13.3 Å². The van der Waals surface area contributed by atoms with Gasteiger partial charge < -0.3 is 0 Å². The summed E-state index contributed by atoms with van der Waals surface area (Å²) in [7, 11) is 1.50. The molecule has 5 heteroatoms. The summed E-state index contributed by atoms with van der Waals surface area (Å²) < 4.78 is 37.9. The zero-order valence-electron chi connectivity index (χ0n) is 9.84. The third-order valence-corrected chi connectivity index (χ3v) is 2.13.